The van der Waals surface area contributed by atoms with Crippen LogP contribution >= 0.6 is 0 Å². The van der Waals surface area contributed by atoms with Crippen molar-refractivity contribution in [3.8, 4) is 0 Å². The number of aliphatic hydroxyl groups is 1. The number of hydrogen-bond acceptors (Lipinski definition) is 3. The van der Waals surface area contributed by atoms with Crippen molar-refractivity contribution in [2.24, 2.45) is 0 Å². The molecule has 6 heteroatoms. The summed E-state index contributed by atoms with van der Waals surface area (Å²) >= 11 is 0. The summed E-state index contributed by atoms with van der Waals surface area (Å²) in [4.78, 5) is 6.17. The van der Waals surface area contributed by atoms with Gasteiger partial charge in [-0.1, -0.05) is 12.1 Å². The predicted molar refractivity (Wildman–Crippen MR) is 84.1 cm³/mol. The number of halogens is 3. The molecule has 2 heterocycles. The minimum Gasteiger partial charge on any atom is -0.385 e. The smallest absolute Gasteiger partial charge is 0.385 e. The number of likely N-dealkylation sites (tertiary alicyclic amines) is 1. The Labute approximate surface area is 138 Å². The van der Waals surface area contributed by atoms with Crippen LogP contribution in [-0.4, -0.2) is 28.1 Å². The van der Waals surface area contributed by atoms with E-state index in [1.807, 2.05) is 12.1 Å². The molecule has 0 amide bonds. The van der Waals surface area contributed by atoms with E-state index in [0.29, 0.717) is 31.5 Å². The molecule has 2 aromatic rings. The maximum atomic E-state index is 12.9. The molecule has 1 saturated heterocycles. The largest absolute Gasteiger partial charge is 0.416 e. The maximum Gasteiger partial charge on any atom is 0.416 e. The van der Waals surface area contributed by atoms with E-state index >= 15 is 0 Å². The van der Waals surface area contributed by atoms with Crippen molar-refractivity contribution < 1.29 is 18.3 Å². The minimum absolute atomic E-state index is 0.348. The fourth-order valence-corrected chi connectivity index (χ4v) is 3.10. The van der Waals surface area contributed by atoms with Gasteiger partial charge in [-0.15, -0.1) is 0 Å². The van der Waals surface area contributed by atoms with E-state index in [1.54, 1.807) is 18.5 Å². The van der Waals surface area contributed by atoms with Gasteiger partial charge in [0, 0.05) is 32.0 Å². The Morgan fingerprint density at radius 2 is 1.75 bits per heavy atom. The minimum atomic E-state index is -4.39. The monoisotopic (exact) mass is 336 g/mol. The van der Waals surface area contributed by atoms with E-state index in [1.165, 1.54) is 6.07 Å². The third-order valence-corrected chi connectivity index (χ3v) is 4.57. The first-order chi connectivity index (χ1) is 11.4. The quantitative estimate of drug-likeness (QED) is 0.931. The SMILES string of the molecule is OC1(c2cccc(C(F)(F)F)c2)CCN(Cc2ccncc2)CC1. The van der Waals surface area contributed by atoms with Crippen LogP contribution in [-0.2, 0) is 18.3 Å². The molecular formula is C18H19F3N2O. The van der Waals surface area contributed by atoms with Crippen LogP contribution in [0.25, 0.3) is 0 Å². The molecule has 0 atom stereocenters. The molecule has 24 heavy (non-hydrogen) atoms. The van der Waals surface area contributed by atoms with Crippen LogP contribution in [0.1, 0.15) is 29.5 Å². The Bertz CT molecular complexity index is 680. The Balaban J connectivity index is 1.68. The standard InChI is InChI=1S/C18H19F3N2O/c19-18(20,21)16-3-1-2-15(12-16)17(24)6-10-23(11-7-17)13-14-4-8-22-9-5-14/h1-5,8-9,12,24H,6-7,10-11,13H2. The van der Waals surface area contributed by atoms with E-state index in [2.05, 4.69) is 9.88 Å². The van der Waals surface area contributed by atoms with Gasteiger partial charge in [0.05, 0.1) is 11.2 Å². The van der Waals surface area contributed by atoms with Gasteiger partial charge < -0.3 is 5.11 Å². The number of rotatable bonds is 3. The lowest BCUT2D eigenvalue weighted by Gasteiger charge is -2.38. The zero-order valence-corrected chi connectivity index (χ0v) is 13.1. The Kier molecular flexibility index (Phi) is 4.60. The highest BCUT2D eigenvalue weighted by Crippen LogP contribution is 2.36. The molecule has 0 saturated carbocycles. The summed E-state index contributed by atoms with van der Waals surface area (Å²) in [5.41, 5.74) is -0.432. The second-order valence-electron chi connectivity index (χ2n) is 6.24. The first kappa shape index (κ1) is 16.9. The summed E-state index contributed by atoms with van der Waals surface area (Å²) in [6, 6.07) is 8.92. The van der Waals surface area contributed by atoms with Gasteiger partial charge >= 0.3 is 6.18 Å². The fraction of sp³-hybridized carbons (Fsp3) is 0.389. The third-order valence-electron chi connectivity index (χ3n) is 4.57. The molecule has 0 unspecified atom stereocenters. The number of aromatic nitrogens is 1. The van der Waals surface area contributed by atoms with E-state index < -0.39 is 17.3 Å². The van der Waals surface area contributed by atoms with E-state index in [-0.39, 0.29) is 0 Å². The summed E-state index contributed by atoms with van der Waals surface area (Å²) in [7, 11) is 0. The molecule has 1 aromatic heterocycles. The number of benzene rings is 1. The average molecular weight is 336 g/mol. The van der Waals surface area contributed by atoms with E-state index in [9.17, 15) is 18.3 Å². The van der Waals surface area contributed by atoms with Crippen LogP contribution in [0.5, 0.6) is 0 Å². The third kappa shape index (κ3) is 3.76. The second kappa shape index (κ2) is 6.53. The van der Waals surface area contributed by atoms with Gasteiger partial charge in [0.1, 0.15) is 0 Å². The summed E-state index contributed by atoms with van der Waals surface area (Å²) < 4.78 is 38.6. The molecule has 128 valence electrons. The summed E-state index contributed by atoms with van der Waals surface area (Å²) in [5, 5.41) is 10.8. The molecule has 0 bridgehead atoms. The molecule has 0 aliphatic carbocycles. The molecule has 1 aromatic carbocycles. The van der Waals surface area contributed by atoms with Gasteiger partial charge in [0.15, 0.2) is 0 Å². The molecule has 1 aliphatic rings. The topological polar surface area (TPSA) is 36.4 Å². The summed E-state index contributed by atoms with van der Waals surface area (Å²) in [6.45, 7) is 2.02. The molecule has 1 aliphatic heterocycles. The molecule has 0 radical (unpaired) electrons. The zero-order valence-electron chi connectivity index (χ0n) is 13.1. The summed E-state index contributed by atoms with van der Waals surface area (Å²) in [5.74, 6) is 0. The Hall–Kier alpha value is -1.92. The van der Waals surface area contributed by atoms with Crippen LogP contribution in [0.3, 0.4) is 0 Å². The highest BCUT2D eigenvalue weighted by Gasteiger charge is 2.36. The van der Waals surface area contributed by atoms with Gasteiger partial charge in [0.25, 0.3) is 0 Å². The molecular weight excluding hydrogens is 317 g/mol. The summed E-state index contributed by atoms with van der Waals surface area (Å²) in [6.07, 6.45) is -0.0935. The van der Waals surface area contributed by atoms with Crippen LogP contribution in [0, 0.1) is 0 Å². The molecule has 0 spiro atoms. The Morgan fingerprint density at radius 1 is 1.08 bits per heavy atom. The fourth-order valence-electron chi connectivity index (χ4n) is 3.10. The van der Waals surface area contributed by atoms with Crippen LogP contribution < -0.4 is 0 Å². The van der Waals surface area contributed by atoms with Crippen molar-refractivity contribution in [2.75, 3.05) is 13.1 Å². The first-order valence-corrected chi connectivity index (χ1v) is 7.88. The molecule has 1 N–H and O–H groups in total. The van der Waals surface area contributed by atoms with Crippen molar-refractivity contribution >= 4 is 0 Å². The van der Waals surface area contributed by atoms with Crippen molar-refractivity contribution in [2.45, 2.75) is 31.2 Å². The highest BCUT2D eigenvalue weighted by atomic mass is 19.4. The van der Waals surface area contributed by atoms with Crippen LogP contribution in [0.15, 0.2) is 48.8 Å². The van der Waals surface area contributed by atoms with Gasteiger partial charge in [-0.25, -0.2) is 0 Å². The second-order valence-corrected chi connectivity index (χ2v) is 6.24. The highest BCUT2D eigenvalue weighted by molar-refractivity contribution is 5.30. The van der Waals surface area contributed by atoms with Gasteiger partial charge in [-0.05, 0) is 48.2 Å². The van der Waals surface area contributed by atoms with E-state index in [4.69, 9.17) is 0 Å². The number of hydrogen-bond donors (Lipinski definition) is 1. The number of nitrogens with zero attached hydrogens (tertiary/aromatic N) is 2. The van der Waals surface area contributed by atoms with Crippen molar-refractivity contribution in [3.63, 3.8) is 0 Å². The normalized spacial score (nSPS) is 18.5. The maximum absolute atomic E-state index is 12.9. The predicted octanol–water partition coefficient (Wildman–Crippen LogP) is 3.58. The molecule has 3 nitrogen and oxygen atoms in total. The van der Waals surface area contributed by atoms with Gasteiger partial charge in [0.2, 0.25) is 0 Å². The first-order valence-electron chi connectivity index (χ1n) is 7.88. The van der Waals surface area contributed by atoms with Gasteiger partial charge in [-0.2, -0.15) is 13.2 Å². The number of pyridine rings is 1. The lowest BCUT2D eigenvalue weighted by Crippen LogP contribution is -2.42. The number of piperidine rings is 1. The average Bonchev–Trinajstić information content (AvgIpc) is 2.57. The van der Waals surface area contributed by atoms with Crippen molar-refractivity contribution in [1.82, 2.24) is 9.88 Å². The molecule has 3 rings (SSSR count). The number of alkyl halides is 3. The lowest BCUT2D eigenvalue weighted by molar-refractivity contribution is -0.137. The van der Waals surface area contributed by atoms with Crippen LogP contribution in [0.2, 0.25) is 0 Å². The Morgan fingerprint density at radius 3 is 2.38 bits per heavy atom. The zero-order chi connectivity index (χ0) is 17.2. The molecule has 1 fully saturated rings. The lowest BCUT2D eigenvalue weighted by atomic mass is 9.83. The van der Waals surface area contributed by atoms with Crippen molar-refractivity contribution in [3.05, 3.63) is 65.5 Å². The van der Waals surface area contributed by atoms with Crippen molar-refractivity contribution in [1.29, 1.82) is 0 Å². The van der Waals surface area contributed by atoms with E-state index in [0.717, 1.165) is 24.2 Å². The van der Waals surface area contributed by atoms with Gasteiger partial charge in [-0.3, -0.25) is 9.88 Å². The van der Waals surface area contributed by atoms with Crippen LogP contribution in [0.4, 0.5) is 13.2 Å².